The molecule has 7 heteroatoms. The molecule has 3 rings (SSSR count). The Balaban J connectivity index is 1.75. The Morgan fingerprint density at radius 2 is 1.83 bits per heavy atom. The molecule has 0 unspecified atom stereocenters. The van der Waals surface area contributed by atoms with Crippen LogP contribution in [0.3, 0.4) is 0 Å². The highest BCUT2D eigenvalue weighted by molar-refractivity contribution is 9.10. The third-order valence-corrected chi connectivity index (χ3v) is 4.34. The van der Waals surface area contributed by atoms with E-state index in [0.29, 0.717) is 5.69 Å². The number of aromatic amines is 1. The van der Waals surface area contributed by atoms with E-state index < -0.39 is 5.91 Å². The van der Waals surface area contributed by atoms with E-state index in [1.54, 1.807) is 17.0 Å². The molecule has 0 bridgehead atoms. The number of rotatable bonds is 3. The summed E-state index contributed by atoms with van der Waals surface area (Å²) in [6.07, 6.45) is 4.53. The van der Waals surface area contributed by atoms with E-state index >= 15 is 0 Å². The molecule has 2 amide bonds. The average Bonchev–Trinajstić information content (AvgIpc) is 3.07. The van der Waals surface area contributed by atoms with Crippen LogP contribution in [-0.2, 0) is 0 Å². The van der Waals surface area contributed by atoms with Gasteiger partial charge < -0.3 is 15.2 Å². The van der Waals surface area contributed by atoms with Crippen LogP contribution in [0.1, 0.15) is 40.2 Å². The van der Waals surface area contributed by atoms with Crippen LogP contribution in [-0.4, -0.2) is 39.8 Å². The zero-order chi connectivity index (χ0) is 16.2. The quantitative estimate of drug-likeness (QED) is 0.863. The first-order chi connectivity index (χ1) is 11.1. The van der Waals surface area contributed by atoms with Crippen LogP contribution >= 0.6 is 15.9 Å². The van der Waals surface area contributed by atoms with Crippen molar-refractivity contribution in [3.8, 4) is 0 Å². The summed E-state index contributed by atoms with van der Waals surface area (Å²) in [5.41, 5.74) is 1.03. The molecule has 0 spiro atoms. The second-order valence-corrected chi connectivity index (χ2v) is 6.36. The first-order valence-corrected chi connectivity index (χ1v) is 8.34. The van der Waals surface area contributed by atoms with E-state index in [1.165, 1.54) is 6.33 Å². The molecule has 120 valence electrons. The van der Waals surface area contributed by atoms with E-state index in [0.717, 1.165) is 36.8 Å². The number of nitrogens with one attached hydrogen (secondary N) is 2. The van der Waals surface area contributed by atoms with Crippen molar-refractivity contribution in [3.05, 3.63) is 46.5 Å². The highest BCUT2D eigenvalue weighted by atomic mass is 79.9. The molecule has 1 aliphatic rings. The number of benzene rings is 1. The lowest BCUT2D eigenvalue weighted by Gasteiger charge is -2.26. The predicted octanol–water partition coefficient (Wildman–Crippen LogP) is 3.05. The fourth-order valence-corrected chi connectivity index (χ4v) is 2.87. The zero-order valence-corrected chi connectivity index (χ0v) is 14.1. The molecule has 0 radical (unpaired) electrons. The van der Waals surface area contributed by atoms with Gasteiger partial charge in [0, 0.05) is 23.2 Å². The van der Waals surface area contributed by atoms with Crippen molar-refractivity contribution in [2.24, 2.45) is 0 Å². The van der Waals surface area contributed by atoms with Gasteiger partial charge in [-0.3, -0.25) is 9.59 Å². The maximum Gasteiger partial charge on any atom is 0.276 e. The molecule has 1 fully saturated rings. The summed E-state index contributed by atoms with van der Waals surface area (Å²) in [6, 6.07) is 7.22. The van der Waals surface area contributed by atoms with Crippen LogP contribution in [0.25, 0.3) is 0 Å². The third-order valence-electron chi connectivity index (χ3n) is 3.81. The minimum absolute atomic E-state index is 0.128. The van der Waals surface area contributed by atoms with Crippen molar-refractivity contribution in [1.82, 2.24) is 14.9 Å². The molecule has 2 aromatic rings. The summed E-state index contributed by atoms with van der Waals surface area (Å²) in [6.45, 7) is 1.46. The molecule has 2 N–H and O–H groups in total. The number of piperidine rings is 1. The van der Waals surface area contributed by atoms with Crippen LogP contribution in [0.4, 0.5) is 5.69 Å². The first kappa shape index (κ1) is 15.7. The van der Waals surface area contributed by atoms with Crippen LogP contribution in [0, 0.1) is 0 Å². The summed E-state index contributed by atoms with van der Waals surface area (Å²) in [7, 11) is 0. The first-order valence-electron chi connectivity index (χ1n) is 7.55. The zero-order valence-electron chi connectivity index (χ0n) is 12.5. The van der Waals surface area contributed by atoms with Crippen molar-refractivity contribution in [3.63, 3.8) is 0 Å². The smallest absolute Gasteiger partial charge is 0.276 e. The summed E-state index contributed by atoms with van der Waals surface area (Å²) in [5, 5.41) is 2.76. The molecule has 6 nitrogen and oxygen atoms in total. The predicted molar refractivity (Wildman–Crippen MR) is 90.4 cm³/mol. The second-order valence-electron chi connectivity index (χ2n) is 5.44. The van der Waals surface area contributed by atoms with Crippen molar-refractivity contribution >= 4 is 33.4 Å². The molecule has 2 heterocycles. The van der Waals surface area contributed by atoms with E-state index in [1.807, 2.05) is 12.1 Å². The number of imidazole rings is 1. The van der Waals surface area contributed by atoms with Gasteiger partial charge in [0.05, 0.1) is 6.33 Å². The normalized spacial score (nSPS) is 14.6. The average molecular weight is 377 g/mol. The van der Waals surface area contributed by atoms with E-state index in [2.05, 4.69) is 31.2 Å². The Bertz CT molecular complexity index is 705. The maximum absolute atomic E-state index is 12.6. The summed E-state index contributed by atoms with van der Waals surface area (Å²) in [4.78, 5) is 33.5. The Labute approximate surface area is 142 Å². The van der Waals surface area contributed by atoms with Gasteiger partial charge in [-0.15, -0.1) is 0 Å². The van der Waals surface area contributed by atoms with Gasteiger partial charge in [0.2, 0.25) is 0 Å². The van der Waals surface area contributed by atoms with Crippen LogP contribution in [0.15, 0.2) is 35.1 Å². The molecule has 1 aromatic carbocycles. The Kier molecular flexibility index (Phi) is 4.76. The van der Waals surface area contributed by atoms with Crippen molar-refractivity contribution in [1.29, 1.82) is 0 Å². The monoisotopic (exact) mass is 376 g/mol. The molecule has 23 heavy (non-hydrogen) atoms. The number of anilines is 1. The van der Waals surface area contributed by atoms with E-state index in [9.17, 15) is 9.59 Å². The van der Waals surface area contributed by atoms with E-state index in [-0.39, 0.29) is 17.3 Å². The van der Waals surface area contributed by atoms with Crippen LogP contribution in [0.2, 0.25) is 0 Å². The van der Waals surface area contributed by atoms with Gasteiger partial charge in [-0.1, -0.05) is 15.9 Å². The number of carbonyl (C=O) groups is 2. The number of amides is 2. The van der Waals surface area contributed by atoms with Crippen LogP contribution in [0.5, 0.6) is 0 Å². The van der Waals surface area contributed by atoms with Crippen LogP contribution < -0.4 is 5.32 Å². The number of carbonyl (C=O) groups excluding carboxylic acids is 2. The number of nitrogens with zero attached hydrogens (tertiary/aromatic N) is 2. The van der Waals surface area contributed by atoms with Crippen molar-refractivity contribution < 1.29 is 9.59 Å². The molecule has 0 aliphatic carbocycles. The van der Waals surface area contributed by atoms with Gasteiger partial charge in [0.25, 0.3) is 11.8 Å². The highest BCUT2D eigenvalue weighted by Gasteiger charge is 2.25. The van der Waals surface area contributed by atoms with Crippen molar-refractivity contribution in [2.75, 3.05) is 18.4 Å². The molecular weight excluding hydrogens is 360 g/mol. The lowest BCUT2D eigenvalue weighted by atomic mass is 10.1. The summed E-state index contributed by atoms with van der Waals surface area (Å²) < 4.78 is 0.927. The number of halogens is 1. The fourth-order valence-electron chi connectivity index (χ4n) is 2.61. The Morgan fingerprint density at radius 3 is 2.52 bits per heavy atom. The Hall–Kier alpha value is -2.15. The largest absolute Gasteiger partial charge is 0.340 e. The highest BCUT2D eigenvalue weighted by Crippen LogP contribution is 2.17. The number of likely N-dealkylation sites (tertiary alicyclic amines) is 1. The lowest BCUT2D eigenvalue weighted by Crippen LogP contribution is -2.36. The van der Waals surface area contributed by atoms with Gasteiger partial charge in [-0.05, 0) is 43.5 Å². The van der Waals surface area contributed by atoms with Gasteiger partial charge in [0.1, 0.15) is 5.69 Å². The van der Waals surface area contributed by atoms with Gasteiger partial charge in [-0.2, -0.15) is 0 Å². The van der Waals surface area contributed by atoms with Gasteiger partial charge in [-0.25, -0.2) is 4.98 Å². The van der Waals surface area contributed by atoms with E-state index in [4.69, 9.17) is 0 Å². The standard InChI is InChI=1S/C16H17BrN4O2/c17-11-4-6-12(7-5-11)20-15(22)13-14(19-10-18-13)16(23)21-8-2-1-3-9-21/h4-7,10H,1-3,8-9H2,(H,18,19)(H,20,22). The topological polar surface area (TPSA) is 78.1 Å². The lowest BCUT2D eigenvalue weighted by molar-refractivity contribution is 0.0714. The molecule has 0 atom stereocenters. The molecule has 1 saturated heterocycles. The maximum atomic E-state index is 12.6. The van der Waals surface area contributed by atoms with Gasteiger partial charge in [0.15, 0.2) is 5.69 Å². The number of aromatic nitrogens is 2. The summed E-state index contributed by atoms with van der Waals surface area (Å²) >= 11 is 3.34. The fraction of sp³-hybridized carbons (Fsp3) is 0.312. The van der Waals surface area contributed by atoms with Crippen molar-refractivity contribution in [2.45, 2.75) is 19.3 Å². The minimum Gasteiger partial charge on any atom is -0.340 e. The molecule has 1 aliphatic heterocycles. The molecule has 0 saturated carbocycles. The number of hydrogen-bond acceptors (Lipinski definition) is 3. The molecule has 1 aromatic heterocycles. The summed E-state index contributed by atoms with van der Waals surface area (Å²) in [5.74, 6) is -0.558. The molecular formula is C16H17BrN4O2. The number of H-pyrrole nitrogens is 1. The minimum atomic E-state index is -0.395. The number of hydrogen-bond donors (Lipinski definition) is 2. The second kappa shape index (κ2) is 6.95. The third kappa shape index (κ3) is 3.61. The SMILES string of the molecule is O=C(Nc1ccc(Br)cc1)c1nc[nH]c1C(=O)N1CCCCC1. The van der Waals surface area contributed by atoms with Gasteiger partial charge >= 0.3 is 0 Å². The Morgan fingerprint density at radius 1 is 1.13 bits per heavy atom.